The van der Waals surface area contributed by atoms with E-state index < -0.39 is 12.5 Å². The smallest absolute Gasteiger partial charge is 0.405 e. The first-order valence-electron chi connectivity index (χ1n) is 9.93. The van der Waals surface area contributed by atoms with Crippen molar-refractivity contribution in [2.24, 2.45) is 0 Å². The summed E-state index contributed by atoms with van der Waals surface area (Å²) < 4.78 is 17.5. The Morgan fingerprint density at radius 1 is 1.33 bits per heavy atom. The maximum absolute atomic E-state index is 12.8. The lowest BCUT2D eigenvalue weighted by molar-refractivity contribution is 0.108. The molecule has 4 rings (SSSR count). The number of halogens is 1. The first-order valence-corrected chi connectivity index (χ1v) is 9.93. The minimum atomic E-state index is -1.59. The highest BCUT2D eigenvalue weighted by Crippen LogP contribution is 2.33. The molecule has 10 heteroatoms. The van der Waals surface area contributed by atoms with Crippen LogP contribution in [-0.2, 0) is 0 Å². The number of carbonyl (C=O) groups is 1. The van der Waals surface area contributed by atoms with Crippen LogP contribution in [0.5, 0.6) is 5.88 Å². The van der Waals surface area contributed by atoms with Crippen LogP contribution >= 0.6 is 0 Å². The van der Waals surface area contributed by atoms with Crippen molar-refractivity contribution >= 4 is 17.7 Å². The normalized spacial score (nSPS) is 16.6. The average Bonchev–Trinajstić information content (AvgIpc) is 3.19. The summed E-state index contributed by atoms with van der Waals surface area (Å²) in [5.74, 6) is 1.27. The zero-order valence-electron chi connectivity index (χ0n) is 17.1. The zero-order chi connectivity index (χ0) is 21.8. The van der Waals surface area contributed by atoms with E-state index in [1.165, 1.54) is 44.5 Å². The van der Waals surface area contributed by atoms with Crippen LogP contribution in [0.4, 0.5) is 20.8 Å². The van der Waals surface area contributed by atoms with Crippen molar-refractivity contribution in [1.82, 2.24) is 25.5 Å². The van der Waals surface area contributed by atoms with Crippen molar-refractivity contribution in [3.8, 4) is 5.88 Å². The fraction of sp³-hybridized carbons (Fsp3) is 0.500. The number of aromatic amines is 1. The Hall–Kier alpha value is -3.17. The molecule has 4 N–H and O–H groups in total. The van der Waals surface area contributed by atoms with Crippen LogP contribution in [0.15, 0.2) is 37.3 Å². The number of aromatic nitrogens is 4. The van der Waals surface area contributed by atoms with Crippen LogP contribution < -0.4 is 15.4 Å². The number of anilines is 2. The van der Waals surface area contributed by atoms with Gasteiger partial charge in [0.05, 0.1) is 18.6 Å². The summed E-state index contributed by atoms with van der Waals surface area (Å²) in [6.07, 6.45) is 12.3. The Bertz CT molecular complexity index is 768. The fourth-order valence-corrected chi connectivity index (χ4v) is 2.52. The molecular formula is C20H35FN6O3. The van der Waals surface area contributed by atoms with E-state index in [4.69, 9.17) is 9.84 Å². The van der Waals surface area contributed by atoms with Gasteiger partial charge in [-0.2, -0.15) is 9.49 Å². The van der Waals surface area contributed by atoms with Gasteiger partial charge in [0.2, 0.25) is 5.88 Å². The van der Waals surface area contributed by atoms with Gasteiger partial charge in [-0.25, -0.2) is 14.8 Å². The summed E-state index contributed by atoms with van der Waals surface area (Å²) in [7, 11) is 0. The topological polar surface area (TPSA) is 125 Å². The van der Waals surface area contributed by atoms with Gasteiger partial charge in [0.1, 0.15) is 11.6 Å². The van der Waals surface area contributed by atoms with Crippen molar-refractivity contribution in [2.45, 2.75) is 63.8 Å². The maximum atomic E-state index is 12.8. The molecule has 170 valence electrons. The Kier molecular flexibility index (Phi) is 9.04. The van der Waals surface area contributed by atoms with Gasteiger partial charge in [-0.05, 0) is 25.8 Å². The molecule has 2 heterocycles. The molecule has 1 atom stereocenters. The molecular weight excluding hydrogens is 391 g/mol. The van der Waals surface area contributed by atoms with Gasteiger partial charge in [0.15, 0.2) is 0 Å². The van der Waals surface area contributed by atoms with Gasteiger partial charge in [0, 0.05) is 15.9 Å². The van der Waals surface area contributed by atoms with Crippen molar-refractivity contribution in [3.05, 3.63) is 37.3 Å². The van der Waals surface area contributed by atoms with E-state index in [1.807, 2.05) is 6.92 Å². The number of amides is 1. The van der Waals surface area contributed by atoms with Gasteiger partial charge in [0.25, 0.3) is 6.36 Å². The van der Waals surface area contributed by atoms with E-state index in [-0.39, 0.29) is 15.7 Å². The van der Waals surface area contributed by atoms with Crippen molar-refractivity contribution in [2.75, 3.05) is 5.32 Å². The molecule has 0 aromatic carbocycles. The molecule has 30 heavy (non-hydrogen) atoms. The molecule has 0 spiro atoms. The van der Waals surface area contributed by atoms with Gasteiger partial charge in [-0.1, -0.05) is 38.7 Å². The minimum Gasteiger partial charge on any atom is -0.465 e. The minimum absolute atomic E-state index is 0. The largest absolute Gasteiger partial charge is 0.465 e. The fourth-order valence-electron chi connectivity index (χ4n) is 2.52. The lowest BCUT2D eigenvalue weighted by Gasteiger charge is -2.06. The molecule has 2 aliphatic rings. The number of hydrogen-bond donors (Lipinski definition) is 4. The first kappa shape index (κ1) is 23.1. The second-order valence-electron chi connectivity index (χ2n) is 7.30. The third kappa shape index (κ3) is 9.35. The Balaban J connectivity index is 0. The van der Waals surface area contributed by atoms with Crippen molar-refractivity contribution < 1.29 is 23.3 Å². The summed E-state index contributed by atoms with van der Waals surface area (Å²) in [4.78, 5) is 17.8. The van der Waals surface area contributed by atoms with E-state index >= 15 is 0 Å². The molecule has 1 amide bonds. The molecule has 2 aliphatic carbocycles. The number of nitrogens with one attached hydrogen (secondary N) is 3. The number of alkyl halides is 1. The highest BCUT2D eigenvalue weighted by Gasteiger charge is 2.38. The van der Waals surface area contributed by atoms with Crippen molar-refractivity contribution in [1.29, 1.82) is 0 Å². The van der Waals surface area contributed by atoms with Gasteiger partial charge in [-0.3, -0.25) is 5.10 Å². The summed E-state index contributed by atoms with van der Waals surface area (Å²) in [6, 6.07) is 1.74. The maximum Gasteiger partial charge on any atom is 0.405 e. The average molecular weight is 427 g/mol. The van der Waals surface area contributed by atoms with Gasteiger partial charge in [-0.15, -0.1) is 0 Å². The summed E-state index contributed by atoms with van der Waals surface area (Å²) in [5, 5.41) is 20.0. The molecule has 2 aromatic rings. The summed E-state index contributed by atoms with van der Waals surface area (Å²) in [6.45, 7) is 5.16. The van der Waals surface area contributed by atoms with Crippen LogP contribution in [-0.4, -0.2) is 43.3 Å². The van der Waals surface area contributed by atoms with E-state index in [1.54, 1.807) is 12.3 Å². The molecule has 9 nitrogen and oxygen atoms in total. The Labute approximate surface area is 179 Å². The third-order valence-electron chi connectivity index (χ3n) is 4.47. The molecule has 0 bridgehead atoms. The lowest BCUT2D eigenvalue weighted by atomic mass is 10.3. The Morgan fingerprint density at radius 2 is 2.00 bits per heavy atom. The lowest BCUT2D eigenvalue weighted by Crippen LogP contribution is -2.32. The highest BCUT2D eigenvalue weighted by molar-refractivity contribution is 5.66. The number of hydrogen-bond acceptors (Lipinski definition) is 6. The van der Waals surface area contributed by atoms with Crippen LogP contribution in [0.3, 0.4) is 0 Å². The van der Waals surface area contributed by atoms with Crippen LogP contribution in [0.1, 0.15) is 56.1 Å². The molecule has 2 fully saturated rings. The molecule has 0 radical (unpaired) electrons. The van der Waals surface area contributed by atoms with Crippen molar-refractivity contribution in [3.63, 3.8) is 0 Å². The third-order valence-corrected chi connectivity index (χ3v) is 4.47. The second kappa shape index (κ2) is 11.7. The highest BCUT2D eigenvalue weighted by atomic mass is 19.1. The zero-order valence-corrected chi connectivity index (χ0v) is 17.1. The van der Waals surface area contributed by atoms with E-state index in [0.717, 1.165) is 18.9 Å². The number of nitrogens with zero attached hydrogens (tertiary/aromatic N) is 3. The molecule has 0 aliphatic heterocycles. The Morgan fingerprint density at radius 3 is 2.40 bits per heavy atom. The number of carboxylic acid groups (broad SMARTS) is 1. The van der Waals surface area contributed by atoms with Crippen LogP contribution in [0.25, 0.3) is 0 Å². The molecule has 2 saturated carbocycles. The molecule has 2 aromatic heterocycles. The summed E-state index contributed by atoms with van der Waals surface area (Å²) >= 11 is 0. The second-order valence-corrected chi connectivity index (χ2v) is 7.30. The van der Waals surface area contributed by atoms with Gasteiger partial charge < -0.3 is 20.5 Å². The predicted octanol–water partition coefficient (Wildman–Crippen LogP) is 5.30. The van der Waals surface area contributed by atoms with E-state index in [9.17, 15) is 9.18 Å². The van der Waals surface area contributed by atoms with Crippen LogP contribution in [0.2, 0.25) is 0 Å². The number of ether oxygens (including phenoxy) is 1. The van der Waals surface area contributed by atoms with E-state index in [2.05, 4.69) is 37.4 Å². The monoisotopic (exact) mass is 426 g/mol. The number of rotatable bonds is 6. The quantitative estimate of drug-likeness (QED) is 0.462. The summed E-state index contributed by atoms with van der Waals surface area (Å²) in [5.41, 5.74) is -0.0775. The van der Waals surface area contributed by atoms with Crippen LogP contribution in [0, 0.1) is 0 Å². The number of H-pyrrole nitrogens is 1. The first-order chi connectivity index (χ1) is 14.4. The van der Waals surface area contributed by atoms with Gasteiger partial charge >= 0.3 is 6.09 Å². The molecule has 0 saturated heterocycles. The van der Waals surface area contributed by atoms with E-state index in [0.29, 0.717) is 11.6 Å². The standard InChI is InChI=1S/C10H10FN5O.C5H9NO2.C5H10.3H2/c1-2-7(11)17-10-6-12-9(5-13-10)15-8-3-4-14-16-8;1-5(2-3-5)6-4(7)8;1-2-4-5-3-1;;;/h2-7H,1H2,(H2,12,14,15,16);6H,2-3H2,1H3,(H,7,8);1-5H2;3*1H. The SMILES string of the molecule is C1CCCC1.C=CC(F)Oc1cnc(Nc2ccn[nH]2)cn1.CC1(NC(=O)O)CC1.[HH].[HH].[HH]. The predicted molar refractivity (Wildman–Crippen MR) is 118 cm³/mol. The molecule has 1 unspecified atom stereocenters.